The van der Waals surface area contributed by atoms with Crippen molar-refractivity contribution in [2.24, 2.45) is 5.92 Å². The monoisotopic (exact) mass is 448 g/mol. The van der Waals surface area contributed by atoms with Gasteiger partial charge in [-0.3, -0.25) is 9.89 Å². The molecule has 158 valence electrons. The van der Waals surface area contributed by atoms with Crippen molar-refractivity contribution in [1.82, 2.24) is 19.8 Å². The third kappa shape index (κ3) is 4.28. The average Bonchev–Trinajstić information content (AvgIpc) is 3.45. The van der Waals surface area contributed by atoms with Gasteiger partial charge in [0, 0.05) is 36.8 Å². The number of aromatic amines is 1. The number of nitrogens with one attached hydrogen (secondary N) is 2. The van der Waals surface area contributed by atoms with Crippen LogP contribution in [0, 0.1) is 5.92 Å². The molecule has 1 fully saturated rings. The number of piperidine rings is 1. The topological polar surface area (TPSA) is 108 Å². The molecule has 0 aliphatic carbocycles. The predicted molar refractivity (Wildman–Crippen MR) is 111 cm³/mol. The summed E-state index contributed by atoms with van der Waals surface area (Å²) in [5, 5.41) is 9.95. The standard InChI is InChI=1S/C20H21ClN4O4S/c21-16-4-2-1-3-15(16)13-22-20(26)14-8-11-25(12-9-14)30(27,28)19-6-5-18(29-19)17-7-10-23-24-17/h1-7,10,14H,8-9,11-13H2,(H,22,26)(H,23,24). The van der Waals surface area contributed by atoms with Crippen LogP contribution in [0.15, 0.2) is 58.2 Å². The molecular weight excluding hydrogens is 428 g/mol. The number of amides is 1. The Bertz CT molecular complexity index is 1120. The molecule has 30 heavy (non-hydrogen) atoms. The van der Waals surface area contributed by atoms with Gasteiger partial charge in [0.05, 0.1) is 0 Å². The van der Waals surface area contributed by atoms with E-state index in [2.05, 4.69) is 15.5 Å². The van der Waals surface area contributed by atoms with Crippen LogP contribution in [-0.4, -0.2) is 41.9 Å². The molecule has 0 atom stereocenters. The Hall–Kier alpha value is -2.62. The van der Waals surface area contributed by atoms with E-state index in [0.29, 0.717) is 35.9 Å². The van der Waals surface area contributed by atoms with Gasteiger partial charge in [-0.25, -0.2) is 8.42 Å². The molecule has 0 spiro atoms. The van der Waals surface area contributed by atoms with Gasteiger partial charge >= 0.3 is 0 Å². The van der Waals surface area contributed by atoms with Gasteiger partial charge < -0.3 is 9.73 Å². The summed E-state index contributed by atoms with van der Waals surface area (Å²) < 4.78 is 32.7. The molecule has 2 aromatic heterocycles. The number of rotatable bonds is 6. The van der Waals surface area contributed by atoms with E-state index in [-0.39, 0.29) is 30.0 Å². The number of aromatic nitrogens is 2. The molecule has 8 nitrogen and oxygen atoms in total. The van der Waals surface area contributed by atoms with Gasteiger partial charge in [-0.2, -0.15) is 9.40 Å². The zero-order valence-electron chi connectivity index (χ0n) is 16.0. The van der Waals surface area contributed by atoms with Crippen molar-refractivity contribution >= 4 is 27.5 Å². The first-order valence-corrected chi connectivity index (χ1v) is 11.4. The van der Waals surface area contributed by atoms with Crippen LogP contribution < -0.4 is 5.32 Å². The van der Waals surface area contributed by atoms with Crippen molar-refractivity contribution < 1.29 is 17.6 Å². The lowest BCUT2D eigenvalue weighted by atomic mass is 9.97. The van der Waals surface area contributed by atoms with Crippen LogP contribution in [0.4, 0.5) is 0 Å². The summed E-state index contributed by atoms with van der Waals surface area (Å²) >= 11 is 6.12. The Morgan fingerprint density at radius 3 is 2.67 bits per heavy atom. The number of carbonyl (C=O) groups excluding carboxylic acids is 1. The van der Waals surface area contributed by atoms with Gasteiger partial charge in [0.2, 0.25) is 11.0 Å². The second-order valence-electron chi connectivity index (χ2n) is 7.08. The fraction of sp³-hybridized carbons (Fsp3) is 0.300. The van der Waals surface area contributed by atoms with E-state index in [1.54, 1.807) is 24.4 Å². The van der Waals surface area contributed by atoms with Crippen LogP contribution in [0.2, 0.25) is 5.02 Å². The van der Waals surface area contributed by atoms with Crippen molar-refractivity contribution in [2.45, 2.75) is 24.5 Å². The minimum absolute atomic E-state index is 0.0912. The lowest BCUT2D eigenvalue weighted by molar-refractivity contribution is -0.126. The summed E-state index contributed by atoms with van der Waals surface area (Å²) in [6, 6.07) is 12.1. The van der Waals surface area contributed by atoms with Crippen molar-refractivity contribution in [3.63, 3.8) is 0 Å². The predicted octanol–water partition coefficient (Wildman–Crippen LogP) is 3.04. The number of hydrogen-bond donors (Lipinski definition) is 2. The highest BCUT2D eigenvalue weighted by atomic mass is 35.5. The number of benzene rings is 1. The second kappa shape index (κ2) is 8.63. The van der Waals surface area contributed by atoms with Crippen LogP contribution >= 0.6 is 11.6 Å². The van der Waals surface area contributed by atoms with Gasteiger partial charge in [0.1, 0.15) is 5.69 Å². The molecule has 1 aliphatic rings. The third-order valence-corrected chi connectivity index (χ3v) is 7.32. The van der Waals surface area contributed by atoms with E-state index in [9.17, 15) is 13.2 Å². The number of halogens is 1. The van der Waals surface area contributed by atoms with Crippen molar-refractivity contribution in [2.75, 3.05) is 13.1 Å². The molecule has 2 N–H and O–H groups in total. The molecule has 0 radical (unpaired) electrons. The van der Waals surface area contributed by atoms with Crippen LogP contribution in [-0.2, 0) is 21.4 Å². The third-order valence-electron chi connectivity index (χ3n) is 5.18. The fourth-order valence-corrected chi connectivity index (χ4v) is 5.03. The van der Waals surface area contributed by atoms with Gasteiger partial charge in [0.25, 0.3) is 10.0 Å². The Balaban J connectivity index is 1.34. The second-order valence-corrected chi connectivity index (χ2v) is 9.35. The zero-order chi connectivity index (χ0) is 21.1. The lowest BCUT2D eigenvalue weighted by Gasteiger charge is -2.29. The molecule has 0 bridgehead atoms. The minimum Gasteiger partial charge on any atom is -0.442 e. The maximum Gasteiger partial charge on any atom is 0.276 e. The highest BCUT2D eigenvalue weighted by Gasteiger charge is 2.34. The van der Waals surface area contributed by atoms with Gasteiger partial charge in [-0.05, 0) is 42.7 Å². The van der Waals surface area contributed by atoms with Crippen molar-refractivity contribution in [3.8, 4) is 11.5 Å². The molecule has 3 aromatic rings. The van der Waals surface area contributed by atoms with E-state index in [1.807, 2.05) is 18.2 Å². The number of carbonyl (C=O) groups is 1. The quantitative estimate of drug-likeness (QED) is 0.602. The Kier molecular flexibility index (Phi) is 5.94. The van der Waals surface area contributed by atoms with Crippen LogP contribution in [0.5, 0.6) is 0 Å². The number of nitrogens with zero attached hydrogens (tertiary/aromatic N) is 2. The molecule has 1 aliphatic heterocycles. The van der Waals surface area contributed by atoms with E-state index < -0.39 is 10.0 Å². The van der Waals surface area contributed by atoms with E-state index in [1.165, 1.54) is 10.4 Å². The Morgan fingerprint density at radius 2 is 1.97 bits per heavy atom. The summed E-state index contributed by atoms with van der Waals surface area (Å²) in [4.78, 5) is 12.5. The molecule has 10 heteroatoms. The number of furan rings is 1. The number of hydrogen-bond acceptors (Lipinski definition) is 5. The molecule has 0 saturated carbocycles. The summed E-state index contributed by atoms with van der Waals surface area (Å²) in [5.41, 5.74) is 1.45. The number of H-pyrrole nitrogens is 1. The Morgan fingerprint density at radius 1 is 1.20 bits per heavy atom. The van der Waals surface area contributed by atoms with Crippen molar-refractivity contribution in [3.05, 3.63) is 59.2 Å². The molecule has 4 rings (SSSR count). The molecule has 1 saturated heterocycles. The molecule has 1 aromatic carbocycles. The zero-order valence-corrected chi connectivity index (χ0v) is 17.6. The molecule has 0 unspecified atom stereocenters. The van der Waals surface area contributed by atoms with E-state index >= 15 is 0 Å². The average molecular weight is 449 g/mol. The van der Waals surface area contributed by atoms with Gasteiger partial charge in [-0.1, -0.05) is 29.8 Å². The van der Waals surface area contributed by atoms with Crippen molar-refractivity contribution in [1.29, 1.82) is 0 Å². The van der Waals surface area contributed by atoms with Crippen LogP contribution in [0.25, 0.3) is 11.5 Å². The summed E-state index contributed by atoms with van der Waals surface area (Å²) in [6.45, 7) is 0.860. The molecule has 3 heterocycles. The normalized spacial score (nSPS) is 15.9. The van der Waals surface area contributed by atoms with E-state index in [0.717, 1.165) is 5.56 Å². The van der Waals surface area contributed by atoms with E-state index in [4.69, 9.17) is 16.0 Å². The highest BCUT2D eigenvalue weighted by Crippen LogP contribution is 2.28. The summed E-state index contributed by atoms with van der Waals surface area (Å²) in [6.07, 6.45) is 2.46. The molecule has 1 amide bonds. The van der Waals surface area contributed by atoms with Crippen LogP contribution in [0.1, 0.15) is 18.4 Å². The maximum atomic E-state index is 12.9. The minimum atomic E-state index is -3.76. The largest absolute Gasteiger partial charge is 0.442 e. The SMILES string of the molecule is O=C(NCc1ccccc1Cl)C1CCN(S(=O)(=O)c2ccc(-c3ccn[nH]3)o2)CC1. The summed E-state index contributed by atoms with van der Waals surface area (Å²) in [7, 11) is -3.76. The first-order valence-electron chi connectivity index (χ1n) is 9.56. The highest BCUT2D eigenvalue weighted by molar-refractivity contribution is 7.89. The maximum absolute atomic E-state index is 12.9. The lowest BCUT2D eigenvalue weighted by Crippen LogP contribution is -2.42. The van der Waals surface area contributed by atoms with Crippen LogP contribution in [0.3, 0.4) is 0 Å². The summed E-state index contributed by atoms with van der Waals surface area (Å²) in [5.74, 6) is 0.0718. The van der Waals surface area contributed by atoms with Gasteiger partial charge in [-0.15, -0.1) is 0 Å². The smallest absolute Gasteiger partial charge is 0.276 e. The number of sulfonamides is 1. The first kappa shape index (κ1) is 20.6. The fourth-order valence-electron chi connectivity index (χ4n) is 3.45. The first-order chi connectivity index (χ1) is 14.4. The van der Waals surface area contributed by atoms with Gasteiger partial charge in [0.15, 0.2) is 5.76 Å². The molecular formula is C20H21ClN4O4S. The Labute approximate surface area is 179 Å².